The van der Waals surface area contributed by atoms with Gasteiger partial charge in [0.2, 0.25) is 5.91 Å². The summed E-state index contributed by atoms with van der Waals surface area (Å²) < 4.78 is 10.7. The molecule has 0 aliphatic carbocycles. The van der Waals surface area contributed by atoms with Gasteiger partial charge in [0, 0.05) is 32.1 Å². The highest BCUT2D eigenvalue weighted by molar-refractivity contribution is 7.12. The number of methoxy groups -OCH3 is 2. The molecule has 2 aromatic rings. The van der Waals surface area contributed by atoms with E-state index in [9.17, 15) is 14.4 Å². The summed E-state index contributed by atoms with van der Waals surface area (Å²) in [6, 6.07) is 6.72. The first-order valence-electron chi connectivity index (χ1n) is 10.2. The zero-order chi connectivity index (χ0) is 22.2. The van der Waals surface area contributed by atoms with Crippen molar-refractivity contribution in [3.63, 3.8) is 0 Å². The second kappa shape index (κ2) is 10.8. The predicted molar refractivity (Wildman–Crippen MR) is 119 cm³/mol. The molecule has 0 bridgehead atoms. The summed E-state index contributed by atoms with van der Waals surface area (Å²) in [7, 11) is 3.00. The maximum atomic E-state index is 13.1. The Bertz CT molecular complexity index is 923. The molecule has 0 saturated carbocycles. The van der Waals surface area contributed by atoms with Gasteiger partial charge >= 0.3 is 0 Å². The highest BCUT2D eigenvalue weighted by atomic mass is 32.1. The maximum Gasteiger partial charge on any atom is 0.261 e. The molecule has 0 radical (unpaired) electrons. The summed E-state index contributed by atoms with van der Waals surface area (Å²) in [5, 5.41) is 7.34. The molecule has 1 aliphatic heterocycles. The number of hydrogen-bond acceptors (Lipinski definition) is 6. The van der Waals surface area contributed by atoms with Crippen molar-refractivity contribution in [3.05, 3.63) is 40.1 Å². The molecule has 2 N–H and O–H groups in total. The van der Waals surface area contributed by atoms with Gasteiger partial charge < -0.3 is 25.0 Å². The fourth-order valence-electron chi connectivity index (χ4n) is 3.42. The van der Waals surface area contributed by atoms with Crippen molar-refractivity contribution in [3.8, 4) is 11.5 Å². The third-order valence-electron chi connectivity index (χ3n) is 5.05. The molecule has 0 unspecified atom stereocenters. The first-order valence-corrected chi connectivity index (χ1v) is 11.1. The second-order valence-electron chi connectivity index (χ2n) is 7.14. The van der Waals surface area contributed by atoms with Gasteiger partial charge in [-0.15, -0.1) is 11.3 Å². The lowest BCUT2D eigenvalue weighted by atomic mass is 10.1. The number of anilines is 1. The average Bonchev–Trinajstić information content (AvgIpc) is 3.34. The number of carbonyl (C=O) groups is 3. The van der Waals surface area contributed by atoms with Gasteiger partial charge in [0.1, 0.15) is 0 Å². The number of nitrogens with zero attached hydrogens (tertiary/aromatic N) is 1. The largest absolute Gasteiger partial charge is 0.493 e. The van der Waals surface area contributed by atoms with E-state index in [0.29, 0.717) is 40.7 Å². The zero-order valence-electron chi connectivity index (χ0n) is 17.7. The first-order chi connectivity index (χ1) is 15.0. The van der Waals surface area contributed by atoms with Crippen molar-refractivity contribution in [2.24, 2.45) is 0 Å². The quantitative estimate of drug-likeness (QED) is 0.651. The maximum absolute atomic E-state index is 13.1. The van der Waals surface area contributed by atoms with Gasteiger partial charge in [-0.3, -0.25) is 14.4 Å². The number of nitrogens with one attached hydrogen (secondary N) is 2. The zero-order valence-corrected chi connectivity index (χ0v) is 18.5. The highest BCUT2D eigenvalue weighted by Crippen LogP contribution is 2.34. The van der Waals surface area contributed by atoms with Crippen molar-refractivity contribution in [1.29, 1.82) is 0 Å². The molecule has 166 valence electrons. The molecule has 0 spiro atoms. The fourth-order valence-corrected chi connectivity index (χ4v) is 4.06. The lowest BCUT2D eigenvalue weighted by molar-refractivity contribution is -0.116. The molecular formula is C22H27N3O5S. The number of amides is 3. The number of likely N-dealkylation sites (tertiary alicyclic amines) is 1. The molecule has 3 rings (SSSR count). The number of hydrogen-bond donors (Lipinski definition) is 2. The minimum absolute atomic E-state index is 0.0722. The summed E-state index contributed by atoms with van der Waals surface area (Å²) in [5.74, 6) is 0.159. The Hall–Kier alpha value is -3.07. The molecule has 8 nitrogen and oxygen atoms in total. The molecular weight excluding hydrogens is 418 g/mol. The van der Waals surface area contributed by atoms with Gasteiger partial charge in [-0.25, -0.2) is 0 Å². The molecule has 31 heavy (non-hydrogen) atoms. The van der Waals surface area contributed by atoms with E-state index >= 15 is 0 Å². The summed E-state index contributed by atoms with van der Waals surface area (Å²) in [6.45, 7) is 1.57. The van der Waals surface area contributed by atoms with Crippen LogP contribution in [0.3, 0.4) is 0 Å². The topological polar surface area (TPSA) is 97.0 Å². The monoisotopic (exact) mass is 445 g/mol. The van der Waals surface area contributed by atoms with E-state index in [-0.39, 0.29) is 30.7 Å². The lowest BCUT2D eigenvalue weighted by Crippen LogP contribution is -2.36. The number of carbonyl (C=O) groups excluding carboxylic acids is 3. The van der Waals surface area contributed by atoms with E-state index in [1.165, 1.54) is 25.6 Å². The Morgan fingerprint density at radius 2 is 1.77 bits per heavy atom. The smallest absolute Gasteiger partial charge is 0.261 e. The SMILES string of the molecule is COc1cc(NC(=O)CCNC(=O)c2cccs2)c(C(=O)N2CCCCC2)cc1OC. The Morgan fingerprint density at radius 1 is 1.06 bits per heavy atom. The fraction of sp³-hybridized carbons (Fsp3) is 0.409. The van der Waals surface area contributed by atoms with Gasteiger partial charge in [-0.05, 0) is 36.8 Å². The van der Waals surface area contributed by atoms with Crippen molar-refractivity contribution < 1.29 is 23.9 Å². The van der Waals surface area contributed by atoms with Crippen LogP contribution in [0.2, 0.25) is 0 Å². The van der Waals surface area contributed by atoms with Crippen LogP contribution in [0.1, 0.15) is 45.7 Å². The molecule has 1 aliphatic rings. The number of rotatable bonds is 8. The van der Waals surface area contributed by atoms with E-state index in [1.54, 1.807) is 29.2 Å². The Balaban J connectivity index is 1.71. The molecule has 2 heterocycles. The summed E-state index contributed by atoms with van der Waals surface area (Å²) in [5.41, 5.74) is 0.721. The normalized spacial score (nSPS) is 13.4. The van der Waals surface area contributed by atoms with Gasteiger partial charge in [-0.1, -0.05) is 6.07 Å². The second-order valence-corrected chi connectivity index (χ2v) is 8.08. The molecule has 0 atom stereocenters. The lowest BCUT2D eigenvalue weighted by Gasteiger charge is -2.28. The van der Waals surface area contributed by atoms with Crippen LogP contribution in [0.25, 0.3) is 0 Å². The number of benzene rings is 1. The molecule has 1 aromatic heterocycles. The van der Waals surface area contributed by atoms with Crippen LogP contribution in [0, 0.1) is 0 Å². The Morgan fingerprint density at radius 3 is 2.42 bits per heavy atom. The van der Waals surface area contributed by atoms with E-state index in [2.05, 4.69) is 10.6 Å². The van der Waals surface area contributed by atoms with Crippen molar-refractivity contribution in [1.82, 2.24) is 10.2 Å². The Labute approximate surface area is 185 Å². The first kappa shape index (κ1) is 22.6. The number of piperidine rings is 1. The van der Waals surface area contributed by atoms with Crippen molar-refractivity contribution >= 4 is 34.7 Å². The van der Waals surface area contributed by atoms with Crippen LogP contribution in [-0.2, 0) is 4.79 Å². The Kier molecular flexibility index (Phi) is 7.88. The average molecular weight is 446 g/mol. The minimum atomic E-state index is -0.314. The molecule has 1 saturated heterocycles. The van der Waals surface area contributed by atoms with Crippen LogP contribution in [0.4, 0.5) is 5.69 Å². The predicted octanol–water partition coefficient (Wildman–Crippen LogP) is 3.15. The van der Waals surface area contributed by atoms with Crippen LogP contribution < -0.4 is 20.1 Å². The van der Waals surface area contributed by atoms with Crippen LogP contribution in [0.15, 0.2) is 29.6 Å². The molecule has 1 fully saturated rings. The van der Waals surface area contributed by atoms with Crippen LogP contribution in [-0.4, -0.2) is 56.5 Å². The van der Waals surface area contributed by atoms with Gasteiger partial charge in [0.25, 0.3) is 11.8 Å². The van der Waals surface area contributed by atoms with Gasteiger partial charge in [0.05, 0.1) is 30.3 Å². The van der Waals surface area contributed by atoms with E-state index < -0.39 is 0 Å². The number of ether oxygens (including phenoxy) is 2. The molecule has 1 aromatic carbocycles. The van der Waals surface area contributed by atoms with Gasteiger partial charge in [0.15, 0.2) is 11.5 Å². The molecule has 9 heteroatoms. The van der Waals surface area contributed by atoms with Crippen molar-refractivity contribution in [2.45, 2.75) is 25.7 Å². The minimum Gasteiger partial charge on any atom is -0.493 e. The third kappa shape index (κ3) is 5.75. The van der Waals surface area contributed by atoms with Crippen LogP contribution in [0.5, 0.6) is 11.5 Å². The third-order valence-corrected chi connectivity index (χ3v) is 5.92. The van der Waals surface area contributed by atoms with Crippen LogP contribution >= 0.6 is 11.3 Å². The van der Waals surface area contributed by atoms with Gasteiger partial charge in [-0.2, -0.15) is 0 Å². The van der Waals surface area contributed by atoms with E-state index in [0.717, 1.165) is 19.3 Å². The standard InChI is InChI=1S/C22H27N3O5S/c1-29-17-13-15(22(28)25-10-4-3-5-11-25)16(14-18(17)30-2)24-20(26)8-9-23-21(27)19-7-6-12-31-19/h6-7,12-14H,3-5,8-11H2,1-2H3,(H,23,27)(H,24,26). The van der Waals surface area contributed by atoms with E-state index in [1.807, 2.05) is 5.38 Å². The summed E-state index contributed by atoms with van der Waals surface area (Å²) >= 11 is 1.34. The summed E-state index contributed by atoms with van der Waals surface area (Å²) in [6.07, 6.45) is 3.11. The highest BCUT2D eigenvalue weighted by Gasteiger charge is 2.24. The number of thiophene rings is 1. The van der Waals surface area contributed by atoms with Crippen molar-refractivity contribution in [2.75, 3.05) is 39.2 Å². The molecule has 3 amide bonds. The van der Waals surface area contributed by atoms with E-state index in [4.69, 9.17) is 9.47 Å². The summed E-state index contributed by atoms with van der Waals surface area (Å²) in [4.78, 5) is 40.0.